The molecule has 0 aliphatic carbocycles. The van der Waals surface area contributed by atoms with E-state index in [-0.39, 0.29) is 18.8 Å². The Balaban J connectivity index is 1.63. The minimum atomic E-state index is -2.20. The molecular formula is C24H29ClO7. The highest BCUT2D eigenvalue weighted by molar-refractivity contribution is 6.24. The second-order valence-electron chi connectivity index (χ2n) is 8.26. The van der Waals surface area contributed by atoms with E-state index in [0.717, 1.165) is 17.5 Å². The average molecular weight is 465 g/mol. The molecule has 2 aromatic carbocycles. The fraction of sp³-hybridized carbons (Fsp3) is 0.500. The Kier molecular flexibility index (Phi) is 7.19. The highest BCUT2D eigenvalue weighted by atomic mass is 35.5. The first kappa shape index (κ1) is 23.6. The van der Waals surface area contributed by atoms with Crippen LogP contribution in [0.2, 0.25) is 0 Å². The van der Waals surface area contributed by atoms with Crippen molar-refractivity contribution in [1.82, 2.24) is 0 Å². The average Bonchev–Trinajstić information content (AvgIpc) is 3.33. The van der Waals surface area contributed by atoms with Gasteiger partial charge in [-0.3, -0.25) is 0 Å². The van der Waals surface area contributed by atoms with E-state index in [1.54, 1.807) is 12.1 Å². The van der Waals surface area contributed by atoms with Gasteiger partial charge < -0.3 is 34.3 Å². The predicted octanol–water partition coefficient (Wildman–Crippen LogP) is 2.10. The van der Waals surface area contributed by atoms with Gasteiger partial charge in [0.15, 0.2) is 5.60 Å². The molecule has 2 heterocycles. The lowest BCUT2D eigenvalue weighted by molar-refractivity contribution is -0.269. The van der Waals surface area contributed by atoms with Gasteiger partial charge in [-0.25, -0.2) is 0 Å². The summed E-state index contributed by atoms with van der Waals surface area (Å²) in [5.74, 6) is 0. The molecule has 2 aliphatic heterocycles. The van der Waals surface area contributed by atoms with Crippen molar-refractivity contribution in [3.05, 3.63) is 71.3 Å². The Hall–Kier alpha value is -1.55. The van der Waals surface area contributed by atoms with Crippen molar-refractivity contribution in [3.8, 4) is 0 Å². The molecule has 2 saturated heterocycles. The minimum absolute atomic E-state index is 0.00150. The molecule has 3 N–H and O–H groups in total. The van der Waals surface area contributed by atoms with Gasteiger partial charge >= 0.3 is 0 Å². The van der Waals surface area contributed by atoms with Crippen molar-refractivity contribution in [3.63, 3.8) is 0 Å². The number of alkyl halides is 1. The molecule has 7 nitrogen and oxygen atoms in total. The molecule has 0 spiro atoms. The van der Waals surface area contributed by atoms with Gasteiger partial charge in [0.1, 0.15) is 18.3 Å². The van der Waals surface area contributed by atoms with Crippen LogP contribution in [0.1, 0.15) is 29.2 Å². The van der Waals surface area contributed by atoms with Crippen LogP contribution in [-0.4, -0.2) is 72.2 Å². The number of aliphatic hydroxyl groups is 3. The van der Waals surface area contributed by atoms with E-state index in [4.69, 9.17) is 30.5 Å². The van der Waals surface area contributed by atoms with Crippen LogP contribution in [0, 0.1) is 0 Å². The van der Waals surface area contributed by atoms with Gasteiger partial charge in [-0.1, -0.05) is 66.2 Å². The maximum Gasteiger partial charge on any atom is 0.202 e. The zero-order valence-corrected chi connectivity index (χ0v) is 18.6. The molecule has 0 radical (unpaired) electrons. The second kappa shape index (κ2) is 9.75. The lowest BCUT2D eigenvalue weighted by Crippen LogP contribution is -2.66. The number of hydrogen-bond donors (Lipinski definition) is 3. The first-order chi connectivity index (χ1) is 15.4. The number of halogens is 1. The largest absolute Gasteiger partial charge is 0.394 e. The summed E-state index contributed by atoms with van der Waals surface area (Å²) in [7, 11) is 1.34. The summed E-state index contributed by atoms with van der Waals surface area (Å²) in [6, 6.07) is 17.0. The van der Waals surface area contributed by atoms with Gasteiger partial charge in [-0.15, -0.1) is 0 Å². The SMILES string of the molecule is COC1C(CO)OCC(O)(c2ccc(C(O[C@H]3CCOC3)c3ccccc3)cc2)C1(O)Cl. The monoisotopic (exact) mass is 464 g/mol. The van der Waals surface area contributed by atoms with Crippen LogP contribution in [0.15, 0.2) is 54.6 Å². The standard InChI is InChI=1S/C24H29ClO7/c1-29-22-20(13-26)31-15-23(27,24(22,25)28)18-9-7-17(8-10-18)21(16-5-3-2-4-6-16)32-19-11-12-30-14-19/h2-10,19-22,26-28H,11-15H2,1H3/t19-,20?,21?,22?,23?,24?/m0/s1. The van der Waals surface area contributed by atoms with Gasteiger partial charge in [-0.05, 0) is 23.1 Å². The maximum atomic E-state index is 11.3. The van der Waals surface area contributed by atoms with Crippen LogP contribution >= 0.6 is 11.6 Å². The summed E-state index contributed by atoms with van der Waals surface area (Å²) in [6.45, 7) is 0.545. The van der Waals surface area contributed by atoms with Crippen molar-refractivity contribution in [2.45, 2.75) is 41.5 Å². The first-order valence-corrected chi connectivity index (χ1v) is 11.1. The lowest BCUT2D eigenvalue weighted by Gasteiger charge is -2.49. The Morgan fingerprint density at radius 3 is 2.38 bits per heavy atom. The Morgan fingerprint density at radius 2 is 1.78 bits per heavy atom. The van der Waals surface area contributed by atoms with Crippen LogP contribution in [0.3, 0.4) is 0 Å². The van der Waals surface area contributed by atoms with E-state index >= 15 is 0 Å². The molecule has 5 unspecified atom stereocenters. The van der Waals surface area contributed by atoms with E-state index in [1.807, 2.05) is 42.5 Å². The summed E-state index contributed by atoms with van der Waals surface area (Å²) < 4.78 is 22.6. The number of aliphatic hydroxyl groups excluding tert-OH is 1. The molecule has 2 fully saturated rings. The molecule has 6 atom stereocenters. The molecule has 0 bridgehead atoms. The topological polar surface area (TPSA) is 97.6 Å². The minimum Gasteiger partial charge on any atom is -0.394 e. The van der Waals surface area contributed by atoms with E-state index in [9.17, 15) is 15.3 Å². The van der Waals surface area contributed by atoms with Crippen LogP contribution in [0.4, 0.5) is 0 Å². The molecule has 0 aromatic heterocycles. The quantitative estimate of drug-likeness (QED) is 0.540. The number of rotatable bonds is 7. The van der Waals surface area contributed by atoms with Crippen molar-refractivity contribution < 1.29 is 34.3 Å². The zero-order chi connectivity index (χ0) is 22.8. The summed E-state index contributed by atoms with van der Waals surface area (Å²) in [5, 5.41) is 29.7. The molecule has 2 aromatic rings. The molecular weight excluding hydrogens is 436 g/mol. The Bertz CT molecular complexity index is 870. The molecule has 2 aliphatic rings. The summed E-state index contributed by atoms with van der Waals surface area (Å²) in [5.41, 5.74) is 0.322. The molecule has 32 heavy (non-hydrogen) atoms. The van der Waals surface area contributed by atoms with Crippen molar-refractivity contribution in [2.24, 2.45) is 0 Å². The second-order valence-corrected chi connectivity index (χ2v) is 8.83. The molecule has 4 rings (SSSR count). The third kappa shape index (κ3) is 4.32. The van der Waals surface area contributed by atoms with E-state index in [1.165, 1.54) is 7.11 Å². The Morgan fingerprint density at radius 1 is 1.09 bits per heavy atom. The van der Waals surface area contributed by atoms with Crippen LogP contribution < -0.4 is 0 Å². The number of hydrogen-bond acceptors (Lipinski definition) is 7. The van der Waals surface area contributed by atoms with E-state index in [0.29, 0.717) is 18.8 Å². The molecule has 8 heteroatoms. The third-order valence-electron chi connectivity index (χ3n) is 6.24. The van der Waals surface area contributed by atoms with E-state index in [2.05, 4.69) is 0 Å². The van der Waals surface area contributed by atoms with Gasteiger partial charge in [0.25, 0.3) is 0 Å². The Labute approximate surface area is 192 Å². The molecule has 174 valence electrons. The fourth-order valence-electron chi connectivity index (χ4n) is 4.36. The van der Waals surface area contributed by atoms with Crippen molar-refractivity contribution in [2.75, 3.05) is 33.5 Å². The highest BCUT2D eigenvalue weighted by Gasteiger charge is 2.61. The highest BCUT2D eigenvalue weighted by Crippen LogP contribution is 2.45. The maximum absolute atomic E-state index is 11.3. The van der Waals surface area contributed by atoms with Crippen LogP contribution in [-0.2, 0) is 24.5 Å². The number of benzene rings is 2. The summed E-state index contributed by atoms with van der Waals surface area (Å²) in [6.07, 6.45) is -1.46. The summed E-state index contributed by atoms with van der Waals surface area (Å²) >= 11 is 6.42. The van der Waals surface area contributed by atoms with Crippen LogP contribution in [0.25, 0.3) is 0 Å². The molecule has 0 amide bonds. The van der Waals surface area contributed by atoms with Gasteiger partial charge in [-0.2, -0.15) is 0 Å². The zero-order valence-electron chi connectivity index (χ0n) is 17.9. The van der Waals surface area contributed by atoms with Crippen molar-refractivity contribution in [1.29, 1.82) is 0 Å². The first-order valence-electron chi connectivity index (χ1n) is 10.7. The third-order valence-corrected chi connectivity index (χ3v) is 6.77. The van der Waals surface area contributed by atoms with Gasteiger partial charge in [0, 0.05) is 13.7 Å². The number of methoxy groups -OCH3 is 1. The smallest absolute Gasteiger partial charge is 0.202 e. The van der Waals surface area contributed by atoms with E-state index < -0.39 is 29.5 Å². The predicted molar refractivity (Wildman–Crippen MR) is 117 cm³/mol. The van der Waals surface area contributed by atoms with Crippen molar-refractivity contribution >= 4 is 11.6 Å². The number of ether oxygens (including phenoxy) is 4. The van der Waals surface area contributed by atoms with Gasteiger partial charge in [0.05, 0.1) is 25.9 Å². The lowest BCUT2D eigenvalue weighted by atomic mass is 9.81. The fourth-order valence-corrected chi connectivity index (χ4v) is 4.76. The normalized spacial score (nSPS) is 33.8. The van der Waals surface area contributed by atoms with Gasteiger partial charge in [0.2, 0.25) is 5.06 Å². The summed E-state index contributed by atoms with van der Waals surface area (Å²) in [4.78, 5) is 0. The molecule has 0 saturated carbocycles. The van der Waals surface area contributed by atoms with Crippen LogP contribution in [0.5, 0.6) is 0 Å².